The number of thiazole rings is 1. The summed E-state index contributed by atoms with van der Waals surface area (Å²) < 4.78 is 11.1. The van der Waals surface area contributed by atoms with Crippen molar-refractivity contribution in [2.75, 3.05) is 64.4 Å². The number of ketones is 1. The van der Waals surface area contributed by atoms with Crippen LogP contribution in [0.1, 0.15) is 38.2 Å². The Morgan fingerprint density at radius 3 is 2.61 bits per heavy atom. The number of anilines is 1. The second kappa shape index (κ2) is 11.6. The lowest BCUT2D eigenvalue weighted by molar-refractivity contribution is 0.0854. The van der Waals surface area contributed by atoms with Crippen molar-refractivity contribution in [3.63, 3.8) is 0 Å². The number of nitrogens with zero attached hydrogens (tertiary/aromatic N) is 4. The van der Waals surface area contributed by atoms with Crippen LogP contribution in [0.2, 0.25) is 0 Å². The van der Waals surface area contributed by atoms with Crippen LogP contribution < -0.4 is 9.64 Å². The summed E-state index contributed by atoms with van der Waals surface area (Å²) in [6, 6.07) is 11.0. The molecule has 1 unspecified atom stereocenters. The highest BCUT2D eigenvalue weighted by Gasteiger charge is 2.35. The SMILES string of the molecule is COCCN1CCN(CCCN(C(=O)c2cccs2)c2nc(C3Oc4ccccc4C3=O)cs2)CC1. The van der Waals surface area contributed by atoms with Crippen LogP contribution in [-0.4, -0.2) is 86.0 Å². The predicted molar refractivity (Wildman–Crippen MR) is 142 cm³/mol. The minimum absolute atomic E-state index is 0.0581. The Hall–Kier alpha value is -2.63. The van der Waals surface area contributed by atoms with Crippen molar-refractivity contribution < 1.29 is 19.1 Å². The van der Waals surface area contributed by atoms with Crippen molar-refractivity contribution >= 4 is 39.5 Å². The smallest absolute Gasteiger partial charge is 0.270 e. The number of methoxy groups -OCH3 is 1. The summed E-state index contributed by atoms with van der Waals surface area (Å²) in [6.07, 6.45) is 0.0782. The fraction of sp³-hybridized carbons (Fsp3) is 0.423. The van der Waals surface area contributed by atoms with E-state index in [1.54, 1.807) is 24.1 Å². The number of piperazine rings is 1. The summed E-state index contributed by atoms with van der Waals surface area (Å²) in [5.74, 6) is 0.427. The number of amides is 1. The molecule has 1 saturated heterocycles. The number of thiophene rings is 1. The van der Waals surface area contributed by atoms with Gasteiger partial charge in [-0.1, -0.05) is 18.2 Å². The van der Waals surface area contributed by atoms with Crippen LogP contribution in [0.5, 0.6) is 5.75 Å². The molecule has 0 saturated carbocycles. The van der Waals surface area contributed by atoms with Gasteiger partial charge < -0.3 is 14.4 Å². The predicted octanol–water partition coefficient (Wildman–Crippen LogP) is 3.82. The summed E-state index contributed by atoms with van der Waals surface area (Å²) >= 11 is 2.81. The topological polar surface area (TPSA) is 75.2 Å². The first-order valence-electron chi connectivity index (χ1n) is 12.2. The number of hydrogen-bond acceptors (Lipinski definition) is 9. The van der Waals surface area contributed by atoms with Crippen molar-refractivity contribution in [2.24, 2.45) is 0 Å². The van der Waals surface area contributed by atoms with E-state index in [1.807, 2.05) is 35.0 Å². The largest absolute Gasteiger partial charge is 0.475 e. The molecule has 1 fully saturated rings. The number of ether oxygens (including phenoxy) is 2. The third-order valence-corrected chi connectivity index (χ3v) is 8.29. The number of benzene rings is 1. The lowest BCUT2D eigenvalue weighted by Crippen LogP contribution is -2.47. The molecule has 0 bridgehead atoms. The van der Waals surface area contributed by atoms with E-state index in [0.29, 0.717) is 33.6 Å². The molecule has 2 aliphatic heterocycles. The molecular weight excluding hydrogens is 496 g/mol. The quantitative estimate of drug-likeness (QED) is 0.398. The van der Waals surface area contributed by atoms with Gasteiger partial charge in [0.2, 0.25) is 11.9 Å². The van der Waals surface area contributed by atoms with Gasteiger partial charge in [0.1, 0.15) is 11.4 Å². The minimum atomic E-state index is -0.763. The molecule has 190 valence electrons. The third kappa shape index (κ3) is 5.52. The van der Waals surface area contributed by atoms with Crippen LogP contribution in [0.15, 0.2) is 47.2 Å². The molecule has 10 heteroatoms. The molecule has 0 radical (unpaired) electrons. The van der Waals surface area contributed by atoms with Crippen LogP contribution >= 0.6 is 22.7 Å². The molecule has 2 aliphatic rings. The highest BCUT2D eigenvalue weighted by Crippen LogP contribution is 2.38. The summed E-state index contributed by atoms with van der Waals surface area (Å²) in [7, 11) is 1.74. The van der Waals surface area contributed by atoms with E-state index in [4.69, 9.17) is 14.5 Å². The average Bonchev–Trinajstić information content (AvgIpc) is 3.67. The second-order valence-electron chi connectivity index (χ2n) is 8.88. The van der Waals surface area contributed by atoms with Crippen molar-refractivity contribution in [2.45, 2.75) is 12.5 Å². The number of carbonyl (C=O) groups excluding carboxylic acids is 2. The Morgan fingerprint density at radius 2 is 1.89 bits per heavy atom. The fourth-order valence-corrected chi connectivity index (χ4v) is 6.07. The van der Waals surface area contributed by atoms with Crippen LogP contribution in [0, 0.1) is 0 Å². The molecule has 3 aromatic rings. The zero-order valence-electron chi connectivity index (χ0n) is 20.3. The molecule has 5 rings (SSSR count). The summed E-state index contributed by atoms with van der Waals surface area (Å²) in [5, 5.41) is 4.34. The van der Waals surface area contributed by atoms with E-state index >= 15 is 0 Å². The van der Waals surface area contributed by atoms with Crippen molar-refractivity contribution in [1.29, 1.82) is 0 Å². The van der Waals surface area contributed by atoms with Gasteiger partial charge in [-0.25, -0.2) is 4.98 Å². The van der Waals surface area contributed by atoms with Gasteiger partial charge in [0.05, 0.1) is 17.0 Å². The Balaban J connectivity index is 1.24. The maximum absolute atomic E-state index is 13.4. The van der Waals surface area contributed by atoms with Gasteiger partial charge in [0, 0.05) is 51.8 Å². The number of fused-ring (bicyclic) bond motifs is 1. The van der Waals surface area contributed by atoms with Gasteiger partial charge in [-0.05, 0) is 36.5 Å². The maximum atomic E-state index is 13.4. The average molecular weight is 527 g/mol. The van der Waals surface area contributed by atoms with Gasteiger partial charge >= 0.3 is 0 Å². The van der Waals surface area contributed by atoms with Gasteiger partial charge in [-0.2, -0.15) is 0 Å². The standard InChI is InChI=1S/C26H30N4O4S2/c1-33-16-15-29-13-11-28(12-14-29)9-5-10-30(25(32)22-8-4-17-35-22)26-27-20(18-36-26)24-23(31)19-6-2-3-7-21(19)34-24/h2-4,6-8,17-18,24H,5,9-16H2,1H3. The van der Waals surface area contributed by atoms with Crippen LogP contribution in [0.3, 0.4) is 0 Å². The number of Topliss-reactive ketones (excluding diaryl/α,β-unsaturated/α-hetero) is 1. The third-order valence-electron chi connectivity index (χ3n) is 6.55. The first-order valence-corrected chi connectivity index (χ1v) is 13.9. The Kier molecular flexibility index (Phi) is 8.08. The molecule has 0 spiro atoms. The zero-order valence-corrected chi connectivity index (χ0v) is 21.9. The molecule has 1 atom stereocenters. The summed E-state index contributed by atoms with van der Waals surface area (Å²) in [4.78, 5) is 38.3. The molecule has 4 heterocycles. The number of aromatic nitrogens is 1. The highest BCUT2D eigenvalue weighted by atomic mass is 32.1. The summed E-state index contributed by atoms with van der Waals surface area (Å²) in [6.45, 7) is 7.33. The van der Waals surface area contributed by atoms with Crippen molar-refractivity contribution in [3.8, 4) is 5.75 Å². The second-order valence-corrected chi connectivity index (χ2v) is 10.7. The lowest BCUT2D eigenvalue weighted by Gasteiger charge is -2.34. The lowest BCUT2D eigenvalue weighted by atomic mass is 10.1. The van der Waals surface area contributed by atoms with Crippen molar-refractivity contribution in [1.82, 2.24) is 14.8 Å². The molecule has 1 aromatic carbocycles. The molecule has 36 heavy (non-hydrogen) atoms. The monoisotopic (exact) mass is 526 g/mol. The van der Waals surface area contributed by atoms with E-state index in [2.05, 4.69) is 9.80 Å². The number of hydrogen-bond donors (Lipinski definition) is 0. The number of para-hydroxylation sites is 1. The van der Waals surface area contributed by atoms with E-state index in [9.17, 15) is 9.59 Å². The van der Waals surface area contributed by atoms with E-state index < -0.39 is 6.10 Å². The Labute approximate surface area is 219 Å². The number of carbonyl (C=O) groups is 2. The molecular formula is C26H30N4O4S2. The van der Waals surface area contributed by atoms with Gasteiger partial charge in [-0.3, -0.25) is 19.4 Å². The highest BCUT2D eigenvalue weighted by molar-refractivity contribution is 7.14. The van der Waals surface area contributed by atoms with E-state index in [0.717, 1.165) is 52.3 Å². The minimum Gasteiger partial charge on any atom is -0.475 e. The van der Waals surface area contributed by atoms with Crippen LogP contribution in [0.4, 0.5) is 5.13 Å². The maximum Gasteiger partial charge on any atom is 0.270 e. The zero-order chi connectivity index (χ0) is 24.9. The first-order chi connectivity index (χ1) is 17.6. The number of rotatable bonds is 10. The molecule has 2 aromatic heterocycles. The first kappa shape index (κ1) is 25.0. The van der Waals surface area contributed by atoms with Crippen molar-refractivity contribution in [3.05, 3.63) is 63.3 Å². The van der Waals surface area contributed by atoms with Gasteiger partial charge in [0.25, 0.3) is 5.91 Å². The molecule has 1 amide bonds. The molecule has 8 nitrogen and oxygen atoms in total. The van der Waals surface area contributed by atoms with Gasteiger partial charge in [0.15, 0.2) is 5.13 Å². The summed E-state index contributed by atoms with van der Waals surface area (Å²) in [5.41, 5.74) is 1.12. The Bertz CT molecular complexity index is 1170. The van der Waals surface area contributed by atoms with Crippen LogP contribution in [-0.2, 0) is 4.74 Å². The molecule has 0 N–H and O–H groups in total. The fourth-order valence-electron chi connectivity index (χ4n) is 4.54. The molecule has 0 aliphatic carbocycles. The van der Waals surface area contributed by atoms with E-state index in [-0.39, 0.29) is 11.7 Å². The van der Waals surface area contributed by atoms with E-state index in [1.165, 1.54) is 22.7 Å². The van der Waals surface area contributed by atoms with Crippen LogP contribution in [0.25, 0.3) is 0 Å². The normalized spacial score (nSPS) is 18.2. The Morgan fingerprint density at radius 1 is 1.11 bits per heavy atom. The van der Waals surface area contributed by atoms with Gasteiger partial charge in [-0.15, -0.1) is 22.7 Å².